The number of nitrogens with one attached hydrogen (secondary N) is 1. The number of hydrogen-bond donors (Lipinski definition) is 1. The van der Waals surface area contributed by atoms with E-state index in [9.17, 15) is 0 Å². The van der Waals surface area contributed by atoms with Crippen LogP contribution in [0.4, 0.5) is 0 Å². The summed E-state index contributed by atoms with van der Waals surface area (Å²) in [6, 6.07) is 2.00. The number of ether oxygens (including phenoxy) is 1. The number of aryl methyl sites for hydroxylation is 3. The maximum absolute atomic E-state index is 5.24. The summed E-state index contributed by atoms with van der Waals surface area (Å²) in [7, 11) is 1.70. The summed E-state index contributed by atoms with van der Waals surface area (Å²) in [6.07, 6.45) is 3.71. The second kappa shape index (κ2) is 6.63. The van der Waals surface area contributed by atoms with Gasteiger partial charge in [-0.3, -0.25) is 9.78 Å². The fraction of sp³-hybridized carbons (Fsp3) is 0.583. The Morgan fingerprint density at radius 3 is 2.95 bits per heavy atom. The van der Waals surface area contributed by atoms with E-state index in [0.29, 0.717) is 4.77 Å². The van der Waals surface area contributed by atoms with E-state index in [0.717, 1.165) is 44.1 Å². The van der Waals surface area contributed by atoms with Crippen LogP contribution in [0.1, 0.15) is 17.9 Å². The minimum Gasteiger partial charge on any atom is -0.385 e. The average Bonchev–Trinajstić information content (AvgIpc) is 2.95. The Bertz CT molecular complexity index is 571. The van der Waals surface area contributed by atoms with Crippen LogP contribution in [0.15, 0.2) is 12.3 Å². The molecule has 0 aromatic carbocycles. The van der Waals surface area contributed by atoms with Gasteiger partial charge in [-0.25, -0.2) is 0 Å². The van der Waals surface area contributed by atoms with Crippen LogP contribution in [0.2, 0.25) is 0 Å². The van der Waals surface area contributed by atoms with Crippen LogP contribution in [0.5, 0.6) is 0 Å². The summed E-state index contributed by atoms with van der Waals surface area (Å²) in [5, 5.41) is 11.5. The minimum atomic E-state index is 0.669. The molecule has 0 amide bonds. The quantitative estimate of drug-likeness (QED) is 0.620. The highest BCUT2D eigenvalue weighted by Gasteiger charge is 2.06. The molecule has 0 saturated carbocycles. The molecule has 0 atom stereocenters. The first-order valence-corrected chi connectivity index (χ1v) is 6.74. The van der Waals surface area contributed by atoms with Crippen molar-refractivity contribution in [1.82, 2.24) is 24.5 Å². The molecule has 0 aliphatic rings. The Balaban J connectivity index is 1.98. The van der Waals surface area contributed by atoms with E-state index in [-0.39, 0.29) is 0 Å². The van der Waals surface area contributed by atoms with Crippen molar-refractivity contribution in [1.29, 1.82) is 0 Å². The van der Waals surface area contributed by atoms with E-state index < -0.39 is 0 Å². The molecule has 2 rings (SSSR count). The van der Waals surface area contributed by atoms with Gasteiger partial charge in [0.1, 0.15) is 5.82 Å². The van der Waals surface area contributed by atoms with Crippen molar-refractivity contribution >= 4 is 12.2 Å². The lowest BCUT2D eigenvalue weighted by atomic mass is 10.3. The molecule has 1 N–H and O–H groups in total. The molecule has 2 heterocycles. The van der Waals surface area contributed by atoms with Gasteiger partial charge in [0.25, 0.3) is 0 Å². The third-order valence-corrected chi connectivity index (χ3v) is 3.22. The number of H-pyrrole nitrogens is 1. The molecule has 0 aliphatic heterocycles. The van der Waals surface area contributed by atoms with Crippen LogP contribution in [-0.4, -0.2) is 38.3 Å². The van der Waals surface area contributed by atoms with Crippen molar-refractivity contribution in [2.24, 2.45) is 0 Å². The maximum atomic E-state index is 5.24. The van der Waals surface area contributed by atoms with E-state index >= 15 is 0 Å². The van der Waals surface area contributed by atoms with E-state index in [2.05, 4.69) is 15.3 Å². The number of methoxy groups -OCH3 is 1. The number of aromatic amines is 1. The van der Waals surface area contributed by atoms with Crippen LogP contribution in [0.3, 0.4) is 0 Å². The summed E-state index contributed by atoms with van der Waals surface area (Å²) in [5.74, 6) is 0.967. The smallest absolute Gasteiger partial charge is 0.195 e. The Morgan fingerprint density at radius 1 is 1.42 bits per heavy atom. The summed E-state index contributed by atoms with van der Waals surface area (Å²) >= 11 is 5.24. The molecule has 0 radical (unpaired) electrons. The molecule has 0 fully saturated rings. The van der Waals surface area contributed by atoms with E-state index in [1.165, 1.54) is 0 Å². The van der Waals surface area contributed by atoms with Crippen LogP contribution >= 0.6 is 12.2 Å². The van der Waals surface area contributed by atoms with Gasteiger partial charge < -0.3 is 9.30 Å². The number of nitrogens with zero attached hydrogens (tertiary/aromatic N) is 4. The van der Waals surface area contributed by atoms with E-state index in [4.69, 9.17) is 17.0 Å². The molecular formula is C12H19N5OS. The van der Waals surface area contributed by atoms with Gasteiger partial charge in [-0.2, -0.15) is 10.2 Å². The van der Waals surface area contributed by atoms with Gasteiger partial charge in [0, 0.05) is 39.4 Å². The highest BCUT2D eigenvalue weighted by Crippen LogP contribution is 2.03. The topological polar surface area (TPSA) is 60.7 Å². The van der Waals surface area contributed by atoms with Gasteiger partial charge >= 0.3 is 0 Å². The first-order valence-electron chi connectivity index (χ1n) is 6.34. The predicted molar refractivity (Wildman–Crippen MR) is 74.6 cm³/mol. The van der Waals surface area contributed by atoms with E-state index in [1.54, 1.807) is 7.11 Å². The van der Waals surface area contributed by atoms with Gasteiger partial charge in [-0.15, -0.1) is 0 Å². The normalized spacial score (nSPS) is 11.1. The molecule has 7 heteroatoms. The van der Waals surface area contributed by atoms with Crippen molar-refractivity contribution < 1.29 is 4.74 Å². The summed E-state index contributed by atoms with van der Waals surface area (Å²) < 4.78 is 9.68. The van der Waals surface area contributed by atoms with Gasteiger partial charge in [-0.05, 0) is 31.6 Å². The van der Waals surface area contributed by atoms with Crippen LogP contribution < -0.4 is 0 Å². The second-order valence-electron chi connectivity index (χ2n) is 4.41. The molecule has 2 aromatic heterocycles. The first kappa shape index (κ1) is 14.0. The monoisotopic (exact) mass is 281 g/mol. The molecule has 0 bridgehead atoms. The third-order valence-electron chi connectivity index (χ3n) is 2.91. The minimum absolute atomic E-state index is 0.669. The lowest BCUT2D eigenvalue weighted by Crippen LogP contribution is -2.10. The summed E-state index contributed by atoms with van der Waals surface area (Å²) in [6.45, 7) is 4.34. The van der Waals surface area contributed by atoms with Gasteiger partial charge in [0.15, 0.2) is 4.77 Å². The zero-order valence-corrected chi connectivity index (χ0v) is 12.1. The highest BCUT2D eigenvalue weighted by atomic mass is 32.1. The Morgan fingerprint density at radius 2 is 2.26 bits per heavy atom. The number of rotatable bonds is 7. The van der Waals surface area contributed by atoms with Crippen LogP contribution in [-0.2, 0) is 24.2 Å². The summed E-state index contributed by atoms with van der Waals surface area (Å²) in [5.41, 5.74) is 1.03. The SMILES string of the molecule is COCCCn1c(CCn2ccc(C)n2)n[nH]c1=S. The second-order valence-corrected chi connectivity index (χ2v) is 4.80. The van der Waals surface area contributed by atoms with Gasteiger partial charge in [0.2, 0.25) is 0 Å². The molecule has 0 unspecified atom stereocenters. The molecule has 0 aliphatic carbocycles. The fourth-order valence-electron chi connectivity index (χ4n) is 1.94. The molecule has 6 nitrogen and oxygen atoms in total. The standard InChI is InChI=1S/C12H19N5OS/c1-10-4-7-16(15-10)8-5-11-13-14-12(19)17(11)6-3-9-18-2/h4,7H,3,5-6,8-9H2,1-2H3,(H,14,19). The van der Waals surface area contributed by atoms with Crippen molar-refractivity contribution in [2.75, 3.05) is 13.7 Å². The van der Waals surface area contributed by atoms with Crippen molar-refractivity contribution in [3.8, 4) is 0 Å². The Hall–Kier alpha value is -1.47. The van der Waals surface area contributed by atoms with Crippen LogP contribution in [0.25, 0.3) is 0 Å². The Labute approximate surface area is 117 Å². The molecule has 104 valence electrons. The zero-order chi connectivity index (χ0) is 13.7. The lowest BCUT2D eigenvalue weighted by Gasteiger charge is -2.06. The van der Waals surface area contributed by atoms with Gasteiger partial charge in [0.05, 0.1) is 5.69 Å². The molecule has 19 heavy (non-hydrogen) atoms. The molecular weight excluding hydrogens is 262 g/mol. The molecule has 2 aromatic rings. The van der Waals surface area contributed by atoms with E-state index in [1.807, 2.05) is 28.4 Å². The zero-order valence-electron chi connectivity index (χ0n) is 11.3. The highest BCUT2D eigenvalue weighted by molar-refractivity contribution is 7.71. The first-order chi connectivity index (χ1) is 9.20. The van der Waals surface area contributed by atoms with Crippen molar-refractivity contribution in [3.05, 3.63) is 28.6 Å². The van der Waals surface area contributed by atoms with Gasteiger partial charge in [-0.1, -0.05) is 0 Å². The largest absolute Gasteiger partial charge is 0.385 e. The summed E-state index contributed by atoms with van der Waals surface area (Å²) in [4.78, 5) is 0. The molecule has 0 spiro atoms. The van der Waals surface area contributed by atoms with Crippen LogP contribution in [0, 0.1) is 11.7 Å². The fourth-order valence-corrected chi connectivity index (χ4v) is 2.18. The number of hydrogen-bond acceptors (Lipinski definition) is 4. The third kappa shape index (κ3) is 3.74. The predicted octanol–water partition coefficient (Wildman–Crippen LogP) is 1.72. The maximum Gasteiger partial charge on any atom is 0.195 e. The molecule has 0 saturated heterocycles. The Kier molecular flexibility index (Phi) is 4.86. The van der Waals surface area contributed by atoms with Crippen molar-refractivity contribution in [2.45, 2.75) is 32.9 Å². The lowest BCUT2D eigenvalue weighted by molar-refractivity contribution is 0.190. The number of aromatic nitrogens is 5. The average molecular weight is 281 g/mol. The van der Waals surface area contributed by atoms with Crippen molar-refractivity contribution in [3.63, 3.8) is 0 Å².